The van der Waals surface area contributed by atoms with Crippen LogP contribution < -0.4 is 9.13 Å². The van der Waals surface area contributed by atoms with E-state index in [1.165, 1.54) is 55.9 Å². The van der Waals surface area contributed by atoms with Crippen molar-refractivity contribution in [1.82, 2.24) is 4.98 Å². The molecule has 0 aliphatic carbocycles. The van der Waals surface area contributed by atoms with Gasteiger partial charge in [-0.15, -0.1) is 9.13 Å². The van der Waals surface area contributed by atoms with E-state index in [0.29, 0.717) is 5.71 Å². The number of pyridine rings is 3. The van der Waals surface area contributed by atoms with Gasteiger partial charge >= 0.3 is 5.66 Å². The maximum atomic E-state index is 6.88. The van der Waals surface area contributed by atoms with Gasteiger partial charge in [-0.1, -0.05) is 62.7 Å². The lowest BCUT2D eigenvalue weighted by molar-refractivity contribution is -0.955. The van der Waals surface area contributed by atoms with Crippen LogP contribution in [0.25, 0.3) is 44.6 Å². The molecule has 1 atom stereocenters. The van der Waals surface area contributed by atoms with E-state index in [2.05, 4.69) is 154 Å². The van der Waals surface area contributed by atoms with Crippen LogP contribution in [0.15, 0.2) is 108 Å². The summed E-state index contributed by atoms with van der Waals surface area (Å²) in [5.74, 6) is 0. The van der Waals surface area contributed by atoms with Crippen molar-refractivity contribution in [3.63, 3.8) is 0 Å². The molecule has 0 N–H and O–H groups in total. The molecule has 4 aromatic heterocycles. The SMILES string of the molecule is Cc1ccc2c(c1)C1(c3ccc4c(oc5nc(Cc6ccccc6)ccc54)c3-c3cc(CC(C)(C)C)cc[n+]31)[n+]1cc(C)c(C)cc1-2. The Balaban J connectivity index is 1.36. The first kappa shape index (κ1) is 28.2. The first-order valence-electron chi connectivity index (χ1n) is 16.7. The predicted octanol–water partition coefficient (Wildman–Crippen LogP) is 8.92. The van der Waals surface area contributed by atoms with Gasteiger partial charge in [-0.2, -0.15) is 0 Å². The van der Waals surface area contributed by atoms with E-state index in [9.17, 15) is 0 Å². The average molecular weight is 614 g/mol. The Morgan fingerprint density at radius 2 is 1.53 bits per heavy atom. The summed E-state index contributed by atoms with van der Waals surface area (Å²) in [6.45, 7) is 13.6. The van der Waals surface area contributed by atoms with Crippen LogP contribution in [0.1, 0.15) is 65.4 Å². The summed E-state index contributed by atoms with van der Waals surface area (Å²) in [6.07, 6.45) is 6.44. The third-order valence-electron chi connectivity index (χ3n) is 10.3. The highest BCUT2D eigenvalue weighted by atomic mass is 16.3. The summed E-state index contributed by atoms with van der Waals surface area (Å²) >= 11 is 0. The van der Waals surface area contributed by atoms with Gasteiger partial charge in [-0.3, -0.25) is 0 Å². The maximum Gasteiger partial charge on any atom is 0.417 e. The van der Waals surface area contributed by atoms with E-state index < -0.39 is 5.66 Å². The molecule has 0 saturated heterocycles. The standard InChI is InChI=1S/C43H39N3O/c1-26-12-14-34-36(20-26)43(46-25-28(3)27(2)21-37(34)46)35-17-16-32-33-15-13-31(22-29-10-8-7-9-11-29)44-41(33)47-40(32)39(35)38-23-30(18-19-45(38)43)24-42(4,5)6/h7-21,23,25H,22,24H2,1-6H3/q+2. The number of hydrogen-bond donors (Lipinski definition) is 0. The van der Waals surface area contributed by atoms with Gasteiger partial charge in [0.25, 0.3) is 0 Å². The highest BCUT2D eigenvalue weighted by Crippen LogP contribution is 2.50. The van der Waals surface area contributed by atoms with Crippen molar-refractivity contribution < 1.29 is 13.6 Å². The lowest BCUT2D eigenvalue weighted by atomic mass is 9.87. The van der Waals surface area contributed by atoms with Crippen LogP contribution in [0, 0.1) is 26.2 Å². The monoisotopic (exact) mass is 613 g/mol. The predicted molar refractivity (Wildman–Crippen MR) is 187 cm³/mol. The number of aryl methyl sites for hydroxylation is 3. The van der Waals surface area contributed by atoms with E-state index in [4.69, 9.17) is 9.40 Å². The molecule has 0 bridgehead atoms. The maximum absolute atomic E-state index is 6.88. The zero-order valence-corrected chi connectivity index (χ0v) is 28.0. The van der Waals surface area contributed by atoms with Crippen molar-refractivity contribution >= 4 is 22.1 Å². The highest BCUT2D eigenvalue weighted by Gasteiger charge is 2.67. The molecular weight excluding hydrogens is 574 g/mol. The summed E-state index contributed by atoms with van der Waals surface area (Å²) in [6, 6.07) is 33.5. The summed E-state index contributed by atoms with van der Waals surface area (Å²) in [5.41, 5.74) is 16.0. The third-order valence-corrected chi connectivity index (χ3v) is 10.3. The van der Waals surface area contributed by atoms with Crippen LogP contribution in [-0.2, 0) is 18.5 Å². The largest absolute Gasteiger partial charge is 0.437 e. The quantitative estimate of drug-likeness (QED) is 0.187. The molecule has 0 fully saturated rings. The summed E-state index contributed by atoms with van der Waals surface area (Å²) in [5, 5.41) is 2.16. The highest BCUT2D eigenvalue weighted by molar-refractivity contribution is 6.09. The number of fused-ring (bicyclic) bond motifs is 14. The van der Waals surface area contributed by atoms with Crippen molar-refractivity contribution in [3.05, 3.63) is 148 Å². The van der Waals surface area contributed by atoms with Crippen molar-refractivity contribution in [1.29, 1.82) is 0 Å². The topological polar surface area (TPSA) is 33.8 Å². The molecule has 1 spiro atoms. The van der Waals surface area contributed by atoms with Gasteiger partial charge in [0.2, 0.25) is 17.1 Å². The summed E-state index contributed by atoms with van der Waals surface area (Å²) < 4.78 is 11.9. The average Bonchev–Trinajstić information content (AvgIpc) is 3.63. The first-order chi connectivity index (χ1) is 22.6. The van der Waals surface area contributed by atoms with E-state index in [-0.39, 0.29) is 5.41 Å². The minimum atomic E-state index is -0.584. The Kier molecular flexibility index (Phi) is 5.82. The molecule has 0 amide bonds. The lowest BCUT2D eigenvalue weighted by Crippen LogP contribution is -2.71. The number of rotatable bonds is 3. The van der Waals surface area contributed by atoms with Gasteiger partial charge in [-0.25, -0.2) is 4.98 Å². The second-order valence-electron chi connectivity index (χ2n) is 14.9. The molecule has 230 valence electrons. The molecule has 2 aliphatic heterocycles. The van der Waals surface area contributed by atoms with E-state index in [0.717, 1.165) is 40.5 Å². The van der Waals surface area contributed by atoms with Gasteiger partial charge in [-0.05, 0) is 85.7 Å². The van der Waals surface area contributed by atoms with Crippen molar-refractivity contribution in [2.24, 2.45) is 5.41 Å². The molecule has 3 aromatic carbocycles. The fourth-order valence-corrected chi connectivity index (χ4v) is 8.13. The molecule has 0 radical (unpaired) electrons. The molecule has 0 saturated carbocycles. The number of hydrogen-bond acceptors (Lipinski definition) is 2. The van der Waals surface area contributed by atoms with Gasteiger partial charge in [0, 0.05) is 46.6 Å². The molecule has 7 aromatic rings. The van der Waals surface area contributed by atoms with Crippen molar-refractivity contribution in [2.75, 3.05) is 0 Å². The van der Waals surface area contributed by atoms with E-state index >= 15 is 0 Å². The van der Waals surface area contributed by atoms with Crippen LogP contribution in [0.5, 0.6) is 0 Å². The Labute approximate surface area is 276 Å². The van der Waals surface area contributed by atoms with Crippen LogP contribution in [0.3, 0.4) is 0 Å². The van der Waals surface area contributed by atoms with Gasteiger partial charge in [0.05, 0.1) is 5.56 Å². The van der Waals surface area contributed by atoms with Crippen molar-refractivity contribution in [3.8, 4) is 22.5 Å². The zero-order valence-electron chi connectivity index (χ0n) is 28.0. The molecular formula is C43H39N3O+2. The molecule has 9 rings (SSSR count). The molecule has 4 heteroatoms. The Morgan fingerprint density at radius 1 is 0.723 bits per heavy atom. The molecule has 1 unspecified atom stereocenters. The van der Waals surface area contributed by atoms with Gasteiger partial charge < -0.3 is 4.42 Å². The molecule has 2 aliphatic rings. The first-order valence-corrected chi connectivity index (χ1v) is 16.7. The number of benzene rings is 3. The summed E-state index contributed by atoms with van der Waals surface area (Å²) in [7, 11) is 0. The summed E-state index contributed by atoms with van der Waals surface area (Å²) in [4.78, 5) is 5.07. The van der Waals surface area contributed by atoms with Crippen LogP contribution in [0.2, 0.25) is 0 Å². The van der Waals surface area contributed by atoms with Crippen LogP contribution >= 0.6 is 0 Å². The molecule has 6 heterocycles. The second-order valence-corrected chi connectivity index (χ2v) is 14.9. The molecule has 4 nitrogen and oxygen atoms in total. The van der Waals surface area contributed by atoms with Crippen LogP contribution in [-0.4, -0.2) is 4.98 Å². The second kappa shape index (κ2) is 9.71. The Morgan fingerprint density at radius 3 is 2.34 bits per heavy atom. The van der Waals surface area contributed by atoms with E-state index in [1.54, 1.807) is 0 Å². The third kappa shape index (κ3) is 4.03. The number of aromatic nitrogens is 3. The number of nitrogens with zero attached hydrogens (tertiary/aromatic N) is 3. The Hall–Kier alpha value is -5.09. The lowest BCUT2D eigenvalue weighted by Gasteiger charge is -2.19. The fraction of sp³-hybridized carbons (Fsp3) is 0.233. The van der Waals surface area contributed by atoms with Crippen LogP contribution in [0.4, 0.5) is 0 Å². The van der Waals surface area contributed by atoms with Gasteiger partial charge in [0.15, 0.2) is 18.0 Å². The normalized spacial score (nSPS) is 16.1. The van der Waals surface area contributed by atoms with Crippen molar-refractivity contribution in [2.45, 2.75) is 60.0 Å². The molecule has 47 heavy (non-hydrogen) atoms. The smallest absolute Gasteiger partial charge is 0.417 e. The van der Waals surface area contributed by atoms with E-state index in [1.807, 2.05) is 0 Å². The minimum absolute atomic E-state index is 0.162. The fourth-order valence-electron chi connectivity index (χ4n) is 8.13. The van der Waals surface area contributed by atoms with Gasteiger partial charge in [0.1, 0.15) is 16.7 Å². The minimum Gasteiger partial charge on any atom is -0.437 e. The Bertz CT molecular complexity index is 2430. The zero-order chi connectivity index (χ0) is 32.2. The number of furan rings is 1.